The average molecular weight is 227 g/mol. The molecule has 15 heavy (non-hydrogen) atoms. The molecular formula is C10H13NO3S. The lowest BCUT2D eigenvalue weighted by molar-refractivity contribution is -0.163. The van der Waals surface area contributed by atoms with Crippen molar-refractivity contribution in [1.29, 1.82) is 0 Å². The minimum atomic E-state index is -0.873. The first-order chi connectivity index (χ1) is 7.19. The zero-order valence-electron chi connectivity index (χ0n) is 8.52. The van der Waals surface area contributed by atoms with E-state index in [1.54, 1.807) is 0 Å². The number of rotatable bonds is 4. The number of carboxylic acids is 1. The Kier molecular flexibility index (Phi) is 2.75. The molecule has 1 fully saturated rings. The maximum atomic E-state index is 11.2. The third-order valence-corrected chi connectivity index (χ3v) is 3.52. The molecule has 2 heterocycles. The summed E-state index contributed by atoms with van der Waals surface area (Å²) in [6.07, 6.45) is 1.95. The van der Waals surface area contributed by atoms with Gasteiger partial charge in [0.2, 0.25) is 0 Å². The predicted octanol–water partition coefficient (Wildman–Crippen LogP) is 1.45. The van der Waals surface area contributed by atoms with E-state index < -0.39 is 11.4 Å². The lowest BCUT2D eigenvalue weighted by Crippen LogP contribution is -2.53. The molecule has 0 aromatic carbocycles. The number of aryl methyl sites for hydroxylation is 1. The third kappa shape index (κ3) is 1.66. The minimum Gasteiger partial charge on any atom is -0.480 e. The van der Waals surface area contributed by atoms with Crippen LogP contribution in [0.1, 0.15) is 24.0 Å². The molecular weight excluding hydrogens is 214 g/mol. The number of hydrogen-bond donors (Lipinski definition) is 1. The smallest absolute Gasteiger partial charge is 0.320 e. The van der Waals surface area contributed by atoms with Crippen molar-refractivity contribution in [2.45, 2.75) is 25.2 Å². The van der Waals surface area contributed by atoms with Crippen LogP contribution in [-0.4, -0.2) is 29.3 Å². The molecule has 2 rings (SSSR count). The molecule has 0 radical (unpaired) electrons. The monoisotopic (exact) mass is 227 g/mol. The van der Waals surface area contributed by atoms with E-state index in [0.29, 0.717) is 5.69 Å². The lowest BCUT2D eigenvalue weighted by atomic mass is 9.83. The second-order valence-corrected chi connectivity index (χ2v) is 4.70. The number of thiazole rings is 1. The van der Waals surface area contributed by atoms with Gasteiger partial charge in [0.25, 0.3) is 0 Å². The summed E-state index contributed by atoms with van der Waals surface area (Å²) in [6, 6.07) is 0. The number of nitrogens with zero attached hydrogens (tertiary/aromatic N) is 1. The Balaban J connectivity index is 2.23. The Labute approximate surface area is 91.9 Å². The Morgan fingerprint density at radius 2 is 2.47 bits per heavy atom. The average Bonchev–Trinajstić information content (AvgIpc) is 2.51. The molecule has 1 aliphatic heterocycles. The summed E-state index contributed by atoms with van der Waals surface area (Å²) >= 11 is 1.54. The number of carboxylic acid groups (broad SMARTS) is 1. The number of aliphatic carboxylic acids is 1. The Hall–Kier alpha value is -0.940. The van der Waals surface area contributed by atoms with Crippen LogP contribution >= 0.6 is 11.3 Å². The van der Waals surface area contributed by atoms with E-state index in [0.717, 1.165) is 17.8 Å². The van der Waals surface area contributed by atoms with Crippen molar-refractivity contribution in [1.82, 2.24) is 4.98 Å². The number of ether oxygens (including phenoxy) is 1. The van der Waals surface area contributed by atoms with Crippen molar-refractivity contribution >= 4 is 17.3 Å². The van der Waals surface area contributed by atoms with Crippen molar-refractivity contribution in [2.75, 3.05) is 13.2 Å². The van der Waals surface area contributed by atoms with Gasteiger partial charge in [0, 0.05) is 5.38 Å². The number of carbonyl (C=O) groups is 1. The number of hydrogen-bond acceptors (Lipinski definition) is 4. The van der Waals surface area contributed by atoms with E-state index >= 15 is 0 Å². The fourth-order valence-electron chi connectivity index (χ4n) is 1.55. The molecule has 0 saturated carbocycles. The van der Waals surface area contributed by atoms with Gasteiger partial charge in [-0.05, 0) is 12.8 Å². The van der Waals surface area contributed by atoms with E-state index in [9.17, 15) is 4.79 Å². The van der Waals surface area contributed by atoms with Crippen LogP contribution in [0.25, 0.3) is 0 Å². The standard InChI is InChI=1S/C10H13NO3S/c1-2-3-8-11-7(4-15-8)10(9(12)13)5-14-6-10/h4H,2-3,5-6H2,1H3,(H,12,13). The van der Waals surface area contributed by atoms with Gasteiger partial charge in [-0.25, -0.2) is 4.98 Å². The summed E-state index contributed by atoms with van der Waals surface area (Å²) in [6.45, 7) is 2.58. The van der Waals surface area contributed by atoms with Crippen molar-refractivity contribution in [3.63, 3.8) is 0 Å². The SMILES string of the molecule is CCCc1nc(C2(C(=O)O)COC2)cs1. The first-order valence-electron chi connectivity index (χ1n) is 4.95. The topological polar surface area (TPSA) is 59.4 Å². The van der Waals surface area contributed by atoms with Crippen molar-refractivity contribution in [2.24, 2.45) is 0 Å². The normalized spacial score (nSPS) is 18.5. The first kappa shape index (κ1) is 10.6. The summed E-state index contributed by atoms with van der Waals surface area (Å²) < 4.78 is 5.01. The predicted molar refractivity (Wildman–Crippen MR) is 56.2 cm³/mol. The van der Waals surface area contributed by atoms with Gasteiger partial charge in [0.15, 0.2) is 5.41 Å². The van der Waals surface area contributed by atoms with Crippen LogP contribution in [0.3, 0.4) is 0 Å². The highest BCUT2D eigenvalue weighted by Gasteiger charge is 2.49. The van der Waals surface area contributed by atoms with Crippen LogP contribution in [0.4, 0.5) is 0 Å². The molecule has 0 unspecified atom stereocenters. The van der Waals surface area contributed by atoms with Crippen molar-refractivity contribution in [3.8, 4) is 0 Å². The molecule has 5 heteroatoms. The van der Waals surface area contributed by atoms with E-state index in [-0.39, 0.29) is 13.2 Å². The van der Waals surface area contributed by atoms with Gasteiger partial charge in [0.1, 0.15) is 0 Å². The van der Waals surface area contributed by atoms with Gasteiger partial charge >= 0.3 is 5.97 Å². The van der Waals surface area contributed by atoms with Crippen LogP contribution in [0.5, 0.6) is 0 Å². The lowest BCUT2D eigenvalue weighted by Gasteiger charge is -2.35. The molecule has 1 aromatic heterocycles. The quantitative estimate of drug-likeness (QED) is 0.845. The van der Waals surface area contributed by atoms with Gasteiger partial charge in [-0.1, -0.05) is 6.92 Å². The van der Waals surface area contributed by atoms with E-state index in [2.05, 4.69) is 11.9 Å². The fraction of sp³-hybridized carbons (Fsp3) is 0.600. The molecule has 82 valence electrons. The summed E-state index contributed by atoms with van der Waals surface area (Å²) in [5.41, 5.74) is -0.211. The van der Waals surface area contributed by atoms with Gasteiger partial charge in [-0.3, -0.25) is 4.79 Å². The molecule has 4 nitrogen and oxygen atoms in total. The van der Waals surface area contributed by atoms with Gasteiger partial charge in [0.05, 0.1) is 23.9 Å². The van der Waals surface area contributed by atoms with Crippen LogP contribution in [-0.2, 0) is 21.4 Å². The summed E-state index contributed by atoms with van der Waals surface area (Å²) in [4.78, 5) is 15.5. The van der Waals surface area contributed by atoms with Gasteiger partial charge in [-0.2, -0.15) is 0 Å². The fourth-order valence-corrected chi connectivity index (χ4v) is 2.55. The summed E-state index contributed by atoms with van der Waals surface area (Å²) in [5, 5.41) is 12.0. The molecule has 0 amide bonds. The summed E-state index contributed by atoms with van der Waals surface area (Å²) in [5.74, 6) is -0.831. The molecule has 0 spiro atoms. The minimum absolute atomic E-state index is 0.248. The molecule has 0 atom stereocenters. The van der Waals surface area contributed by atoms with E-state index in [4.69, 9.17) is 9.84 Å². The summed E-state index contributed by atoms with van der Waals surface area (Å²) in [7, 11) is 0. The Bertz CT molecular complexity index is 370. The molecule has 1 saturated heterocycles. The highest BCUT2D eigenvalue weighted by Crippen LogP contribution is 2.33. The molecule has 0 bridgehead atoms. The van der Waals surface area contributed by atoms with Crippen LogP contribution in [0, 0.1) is 0 Å². The largest absolute Gasteiger partial charge is 0.480 e. The second-order valence-electron chi connectivity index (χ2n) is 3.76. The van der Waals surface area contributed by atoms with Crippen LogP contribution in [0.2, 0.25) is 0 Å². The van der Waals surface area contributed by atoms with Crippen molar-refractivity contribution in [3.05, 3.63) is 16.1 Å². The molecule has 1 aliphatic rings. The maximum absolute atomic E-state index is 11.2. The highest BCUT2D eigenvalue weighted by molar-refractivity contribution is 7.09. The zero-order valence-corrected chi connectivity index (χ0v) is 9.34. The van der Waals surface area contributed by atoms with Gasteiger partial charge in [-0.15, -0.1) is 11.3 Å². The first-order valence-corrected chi connectivity index (χ1v) is 5.83. The second kappa shape index (κ2) is 3.90. The van der Waals surface area contributed by atoms with Crippen molar-refractivity contribution < 1.29 is 14.6 Å². The zero-order chi connectivity index (χ0) is 10.9. The number of aromatic nitrogens is 1. The van der Waals surface area contributed by atoms with Crippen LogP contribution in [0.15, 0.2) is 5.38 Å². The molecule has 0 aliphatic carbocycles. The van der Waals surface area contributed by atoms with E-state index in [1.165, 1.54) is 11.3 Å². The Morgan fingerprint density at radius 1 is 1.73 bits per heavy atom. The highest BCUT2D eigenvalue weighted by atomic mass is 32.1. The third-order valence-electron chi connectivity index (χ3n) is 2.61. The molecule has 1 aromatic rings. The Morgan fingerprint density at radius 3 is 2.93 bits per heavy atom. The molecule has 1 N–H and O–H groups in total. The van der Waals surface area contributed by atoms with E-state index in [1.807, 2.05) is 5.38 Å². The van der Waals surface area contributed by atoms with Crippen LogP contribution < -0.4 is 0 Å². The van der Waals surface area contributed by atoms with Gasteiger partial charge < -0.3 is 9.84 Å². The maximum Gasteiger partial charge on any atom is 0.320 e.